The molecule has 0 saturated heterocycles. The Morgan fingerprint density at radius 1 is 1.40 bits per heavy atom. The summed E-state index contributed by atoms with van der Waals surface area (Å²) < 4.78 is 1.31. The highest BCUT2D eigenvalue weighted by Gasteiger charge is 2.12. The molecule has 1 heterocycles. The number of benzene rings is 1. The Balaban J connectivity index is 2.07. The molecule has 0 aliphatic heterocycles. The van der Waals surface area contributed by atoms with Gasteiger partial charge in [-0.05, 0) is 29.5 Å². The number of anilines is 1. The molecule has 9 nitrogen and oxygen atoms in total. The molecule has 1 amide bonds. The fourth-order valence-corrected chi connectivity index (χ4v) is 1.52. The molecule has 1 aromatic heterocycles. The van der Waals surface area contributed by atoms with E-state index in [9.17, 15) is 14.7 Å². The third kappa shape index (κ3) is 2.88. The van der Waals surface area contributed by atoms with Gasteiger partial charge in [-0.1, -0.05) is 0 Å². The highest BCUT2D eigenvalue weighted by atomic mass is 16.4. The fraction of sp³-hybridized carbons (Fsp3) is 0.182. The summed E-state index contributed by atoms with van der Waals surface area (Å²) in [6, 6.07) is 3.75. The number of amides is 1. The second-order valence-corrected chi connectivity index (χ2v) is 3.97. The summed E-state index contributed by atoms with van der Waals surface area (Å²) in [5.41, 5.74) is 0.0440. The zero-order valence-electron chi connectivity index (χ0n) is 10.4. The van der Waals surface area contributed by atoms with Crippen LogP contribution in [0.15, 0.2) is 18.2 Å². The molecule has 2 rings (SSSR count). The first-order valence-corrected chi connectivity index (χ1v) is 5.56. The number of phenols is 1. The highest BCUT2D eigenvalue weighted by molar-refractivity contribution is 5.94. The van der Waals surface area contributed by atoms with Crippen LogP contribution in [-0.2, 0) is 11.3 Å². The van der Waals surface area contributed by atoms with Gasteiger partial charge in [-0.2, -0.15) is 0 Å². The molecule has 0 bridgehead atoms. The van der Waals surface area contributed by atoms with Crippen molar-refractivity contribution in [3.63, 3.8) is 0 Å². The Morgan fingerprint density at radius 3 is 2.70 bits per heavy atom. The van der Waals surface area contributed by atoms with Crippen molar-refractivity contribution < 1.29 is 19.8 Å². The molecule has 0 aliphatic rings. The van der Waals surface area contributed by atoms with Crippen molar-refractivity contribution in [3.8, 4) is 5.75 Å². The first-order chi connectivity index (χ1) is 9.47. The summed E-state index contributed by atoms with van der Waals surface area (Å²) in [6.07, 6.45) is 0. The zero-order valence-corrected chi connectivity index (χ0v) is 10.4. The second-order valence-electron chi connectivity index (χ2n) is 3.97. The number of aryl methyl sites for hydroxylation is 1. The van der Waals surface area contributed by atoms with E-state index in [2.05, 4.69) is 20.8 Å². The summed E-state index contributed by atoms with van der Waals surface area (Å²) in [6.45, 7) is 1.57. The second kappa shape index (κ2) is 5.34. The number of hydrogen-bond acceptors (Lipinski definition) is 6. The van der Waals surface area contributed by atoms with Crippen molar-refractivity contribution in [2.45, 2.75) is 13.5 Å². The maximum Gasteiger partial charge on any atom is 0.339 e. The van der Waals surface area contributed by atoms with E-state index in [1.807, 2.05) is 0 Å². The molecule has 3 N–H and O–H groups in total. The number of nitrogens with zero attached hydrogens (tertiary/aromatic N) is 4. The van der Waals surface area contributed by atoms with Crippen LogP contribution < -0.4 is 5.32 Å². The van der Waals surface area contributed by atoms with E-state index in [1.54, 1.807) is 6.92 Å². The van der Waals surface area contributed by atoms with Crippen molar-refractivity contribution in [1.82, 2.24) is 20.2 Å². The number of tetrazole rings is 1. The standard InChI is InChI=1S/C11H11N5O4/c1-6-13-14-15-16(6)5-10(18)12-7-2-3-8(11(19)20)9(17)4-7/h2-4,17H,5H2,1H3,(H,12,18)(H,19,20). The Hall–Kier alpha value is -2.97. The lowest BCUT2D eigenvalue weighted by Gasteiger charge is -2.07. The van der Waals surface area contributed by atoms with E-state index in [1.165, 1.54) is 16.8 Å². The van der Waals surface area contributed by atoms with E-state index in [-0.39, 0.29) is 17.8 Å². The van der Waals surface area contributed by atoms with E-state index in [0.717, 1.165) is 6.07 Å². The van der Waals surface area contributed by atoms with Gasteiger partial charge < -0.3 is 15.5 Å². The van der Waals surface area contributed by atoms with Crippen LogP contribution in [0.25, 0.3) is 0 Å². The average Bonchev–Trinajstić information content (AvgIpc) is 2.74. The van der Waals surface area contributed by atoms with Crippen LogP contribution in [0.5, 0.6) is 5.75 Å². The predicted octanol–water partition coefficient (Wildman–Crippen LogP) is 0.0240. The van der Waals surface area contributed by atoms with Crippen LogP contribution in [0.4, 0.5) is 5.69 Å². The number of carbonyl (C=O) groups is 2. The minimum Gasteiger partial charge on any atom is -0.507 e. The Kier molecular flexibility index (Phi) is 3.60. The van der Waals surface area contributed by atoms with E-state index in [4.69, 9.17) is 5.11 Å². The minimum absolute atomic E-state index is 0.0831. The van der Waals surface area contributed by atoms with Gasteiger partial charge in [0.25, 0.3) is 0 Å². The zero-order chi connectivity index (χ0) is 14.7. The van der Waals surface area contributed by atoms with E-state index >= 15 is 0 Å². The quantitative estimate of drug-likeness (QED) is 0.718. The Bertz CT molecular complexity index is 667. The van der Waals surface area contributed by atoms with Gasteiger partial charge in [0, 0.05) is 11.8 Å². The van der Waals surface area contributed by atoms with Crippen LogP contribution in [-0.4, -0.2) is 42.3 Å². The Labute approximate surface area is 112 Å². The van der Waals surface area contributed by atoms with Gasteiger partial charge in [-0.25, -0.2) is 9.48 Å². The maximum atomic E-state index is 11.7. The predicted molar refractivity (Wildman–Crippen MR) is 66.2 cm³/mol. The lowest BCUT2D eigenvalue weighted by molar-refractivity contribution is -0.117. The number of aromatic nitrogens is 4. The summed E-state index contributed by atoms with van der Waals surface area (Å²) in [7, 11) is 0. The van der Waals surface area contributed by atoms with Gasteiger partial charge in [0.1, 0.15) is 23.7 Å². The van der Waals surface area contributed by atoms with Crippen molar-refractivity contribution in [3.05, 3.63) is 29.6 Å². The fourth-order valence-electron chi connectivity index (χ4n) is 1.52. The monoisotopic (exact) mass is 277 g/mol. The number of nitrogens with one attached hydrogen (secondary N) is 1. The van der Waals surface area contributed by atoms with E-state index < -0.39 is 17.6 Å². The van der Waals surface area contributed by atoms with Gasteiger partial charge in [0.2, 0.25) is 5.91 Å². The van der Waals surface area contributed by atoms with Crippen LogP contribution in [0.3, 0.4) is 0 Å². The highest BCUT2D eigenvalue weighted by Crippen LogP contribution is 2.21. The van der Waals surface area contributed by atoms with Gasteiger partial charge in [0.15, 0.2) is 0 Å². The van der Waals surface area contributed by atoms with Gasteiger partial charge in [0.05, 0.1) is 0 Å². The van der Waals surface area contributed by atoms with Gasteiger partial charge >= 0.3 is 5.97 Å². The number of aromatic hydroxyl groups is 1. The topological polar surface area (TPSA) is 130 Å². The number of rotatable bonds is 4. The molecule has 9 heteroatoms. The number of carbonyl (C=O) groups excluding carboxylic acids is 1. The summed E-state index contributed by atoms with van der Waals surface area (Å²) >= 11 is 0. The van der Waals surface area contributed by atoms with Crippen LogP contribution in [0.2, 0.25) is 0 Å². The van der Waals surface area contributed by atoms with Crippen LogP contribution >= 0.6 is 0 Å². The van der Waals surface area contributed by atoms with Crippen molar-refractivity contribution in [1.29, 1.82) is 0 Å². The number of carboxylic acids is 1. The number of aromatic carboxylic acids is 1. The van der Waals surface area contributed by atoms with E-state index in [0.29, 0.717) is 5.82 Å². The average molecular weight is 277 g/mol. The molecule has 0 atom stereocenters. The van der Waals surface area contributed by atoms with Crippen molar-refractivity contribution >= 4 is 17.6 Å². The normalized spacial score (nSPS) is 10.2. The third-order valence-electron chi connectivity index (χ3n) is 2.52. The molecule has 104 valence electrons. The minimum atomic E-state index is -1.25. The number of carboxylic acid groups (broad SMARTS) is 1. The van der Waals surface area contributed by atoms with Gasteiger partial charge in [-0.3, -0.25) is 4.79 Å². The van der Waals surface area contributed by atoms with Gasteiger partial charge in [-0.15, -0.1) is 5.10 Å². The first kappa shape index (κ1) is 13.5. The molecule has 0 radical (unpaired) electrons. The Morgan fingerprint density at radius 2 is 2.15 bits per heavy atom. The molecule has 0 spiro atoms. The lowest BCUT2D eigenvalue weighted by Crippen LogP contribution is -2.20. The molecular formula is C11H11N5O4. The number of hydrogen-bond donors (Lipinski definition) is 3. The molecule has 0 fully saturated rings. The largest absolute Gasteiger partial charge is 0.507 e. The molecule has 1 aromatic carbocycles. The molecule has 0 saturated carbocycles. The third-order valence-corrected chi connectivity index (χ3v) is 2.52. The first-order valence-electron chi connectivity index (χ1n) is 5.56. The summed E-state index contributed by atoms with van der Waals surface area (Å²) in [5.74, 6) is -1.58. The summed E-state index contributed by atoms with van der Waals surface area (Å²) in [4.78, 5) is 22.5. The van der Waals surface area contributed by atoms with Crippen LogP contribution in [0, 0.1) is 6.92 Å². The SMILES string of the molecule is Cc1nnnn1CC(=O)Nc1ccc(C(=O)O)c(O)c1. The smallest absolute Gasteiger partial charge is 0.339 e. The molecule has 0 aliphatic carbocycles. The van der Waals surface area contributed by atoms with Crippen molar-refractivity contribution in [2.75, 3.05) is 5.32 Å². The molecule has 0 unspecified atom stereocenters. The van der Waals surface area contributed by atoms with Crippen LogP contribution in [0.1, 0.15) is 16.2 Å². The molecular weight excluding hydrogens is 266 g/mol. The van der Waals surface area contributed by atoms with Crippen molar-refractivity contribution in [2.24, 2.45) is 0 Å². The lowest BCUT2D eigenvalue weighted by atomic mass is 10.2. The maximum absolute atomic E-state index is 11.7. The molecule has 20 heavy (non-hydrogen) atoms. The summed E-state index contributed by atoms with van der Waals surface area (Å²) in [5, 5.41) is 31.4. The molecule has 2 aromatic rings.